The van der Waals surface area contributed by atoms with Crippen LogP contribution in [0.3, 0.4) is 0 Å². The molecule has 89 heavy (non-hydrogen) atoms. The molecular weight excluding hydrogens is 1160 g/mol. The maximum Gasteiger partial charge on any atom is 0.258 e. The number of ether oxygens (including phenoxy) is 1. The summed E-state index contributed by atoms with van der Waals surface area (Å²) in [5, 5.41) is 51.3. The predicted octanol–water partition coefficient (Wildman–Crippen LogP) is -5.62. The van der Waals surface area contributed by atoms with Gasteiger partial charge in [0.05, 0.1) is 12.2 Å². The minimum atomic E-state index is -1.76. The number of nitrogens with one attached hydrogen (secondary N) is 11. The van der Waals surface area contributed by atoms with E-state index in [1.165, 1.54) is 13.8 Å². The van der Waals surface area contributed by atoms with Crippen molar-refractivity contribution in [3.63, 3.8) is 0 Å². The summed E-state index contributed by atoms with van der Waals surface area (Å²) >= 11 is 0. The largest absolute Gasteiger partial charge is 0.484 e. The number of aliphatic hydroxyl groups is 2. The molecule has 1 saturated heterocycles. The normalized spacial score (nSPS) is 22.0. The highest BCUT2D eigenvalue weighted by Crippen LogP contribution is 2.21. The Morgan fingerprint density at radius 2 is 1.06 bits per heavy atom. The van der Waals surface area contributed by atoms with Crippen LogP contribution in [-0.4, -0.2) is 194 Å². The SMILES string of the molecule is CC(C)C[C@@H]1NC(=O)[C@@H](Cc2ccccc2)NC(=O)[C@H](CCN)NC(=O)[C@@H](NC(=O)[C@H](CCN)NC(=O)[C@@H](NC(=O)[C@H](CCN)NC(=O)COc2ccc3ccccc3c2)[C@@H](C)O)CCNC(=O)[C@H]([C@@H](C)O)NC(=O)[C@H](CCN)NC(=O)[C@H](CCN)NC1=O. The molecule has 0 aliphatic carbocycles. The van der Waals surface area contributed by atoms with Gasteiger partial charge in [-0.3, -0.25) is 52.7 Å². The molecule has 3 aromatic carbocycles. The zero-order valence-electron chi connectivity index (χ0n) is 50.7. The third-order valence-electron chi connectivity index (χ3n) is 14.3. The third kappa shape index (κ3) is 23.9. The van der Waals surface area contributed by atoms with Crippen molar-refractivity contribution in [1.29, 1.82) is 0 Å². The first kappa shape index (κ1) is 73.1. The number of hydrogen-bond donors (Lipinski definition) is 18. The van der Waals surface area contributed by atoms with Crippen LogP contribution in [0, 0.1) is 5.92 Å². The molecule has 0 aromatic heterocycles. The topological polar surface area (TPSA) is 500 Å². The molecule has 30 heteroatoms. The van der Waals surface area contributed by atoms with Crippen molar-refractivity contribution in [3.8, 4) is 5.75 Å². The van der Waals surface area contributed by atoms with E-state index in [1.54, 1.807) is 56.3 Å². The first-order valence-corrected chi connectivity index (χ1v) is 29.8. The van der Waals surface area contributed by atoms with Gasteiger partial charge in [0.2, 0.25) is 59.1 Å². The highest BCUT2D eigenvalue weighted by Gasteiger charge is 2.38. The molecule has 0 saturated carbocycles. The molecule has 23 N–H and O–H groups in total. The van der Waals surface area contributed by atoms with Crippen LogP contribution in [0.5, 0.6) is 5.75 Å². The van der Waals surface area contributed by atoms with Crippen molar-refractivity contribution in [2.75, 3.05) is 45.9 Å². The Morgan fingerprint density at radius 1 is 0.551 bits per heavy atom. The van der Waals surface area contributed by atoms with E-state index in [1.807, 2.05) is 30.3 Å². The zero-order valence-corrected chi connectivity index (χ0v) is 50.7. The quantitative estimate of drug-likeness (QED) is 0.0356. The van der Waals surface area contributed by atoms with Crippen molar-refractivity contribution >= 4 is 75.8 Å². The number of hydrogen-bond acceptors (Lipinski definition) is 19. The molecule has 12 atom stereocenters. The summed E-state index contributed by atoms with van der Waals surface area (Å²) in [5.74, 6) is -10.1. The lowest BCUT2D eigenvalue weighted by Crippen LogP contribution is -2.62. The van der Waals surface area contributed by atoms with Crippen LogP contribution in [0.2, 0.25) is 0 Å². The second-order valence-corrected chi connectivity index (χ2v) is 22.1. The van der Waals surface area contributed by atoms with Gasteiger partial charge >= 0.3 is 0 Å². The number of benzene rings is 3. The van der Waals surface area contributed by atoms with Gasteiger partial charge in [-0.05, 0) is 126 Å². The molecule has 0 bridgehead atoms. The Hall–Kier alpha value is -8.39. The molecule has 11 amide bonds. The molecule has 30 nitrogen and oxygen atoms in total. The lowest BCUT2D eigenvalue weighted by Gasteiger charge is -2.29. The fraction of sp³-hybridized carbons (Fsp3) is 0.542. The van der Waals surface area contributed by atoms with Crippen LogP contribution in [0.1, 0.15) is 78.2 Å². The third-order valence-corrected chi connectivity index (χ3v) is 14.3. The Morgan fingerprint density at radius 3 is 1.61 bits per heavy atom. The molecule has 3 aromatic rings. The smallest absolute Gasteiger partial charge is 0.258 e. The van der Waals surface area contributed by atoms with Crippen molar-refractivity contribution in [2.45, 2.75) is 152 Å². The summed E-state index contributed by atoms with van der Waals surface area (Å²) in [5.41, 5.74) is 30.0. The average Bonchev–Trinajstić information content (AvgIpc) is 3.68. The summed E-state index contributed by atoms with van der Waals surface area (Å²) in [6.07, 6.45) is -4.75. The number of amides is 11. The molecule has 1 heterocycles. The number of carbonyl (C=O) groups excluding carboxylic acids is 11. The van der Waals surface area contributed by atoms with Crippen LogP contribution in [0.4, 0.5) is 0 Å². The lowest BCUT2D eigenvalue weighted by molar-refractivity contribution is -0.137. The average molecular weight is 1250 g/mol. The van der Waals surface area contributed by atoms with Gasteiger partial charge < -0.3 is 102 Å². The van der Waals surface area contributed by atoms with Gasteiger partial charge in [-0.1, -0.05) is 74.5 Å². The van der Waals surface area contributed by atoms with E-state index in [-0.39, 0.29) is 83.6 Å². The summed E-state index contributed by atoms with van der Waals surface area (Å²) in [7, 11) is 0. The number of carbonyl (C=O) groups is 11. The van der Waals surface area contributed by atoms with Gasteiger partial charge in [-0.15, -0.1) is 0 Å². The van der Waals surface area contributed by atoms with Crippen LogP contribution in [0.15, 0.2) is 72.8 Å². The summed E-state index contributed by atoms with van der Waals surface area (Å²) in [6, 6.07) is 6.13. The Kier molecular flexibility index (Phi) is 30.8. The first-order chi connectivity index (χ1) is 42.4. The summed E-state index contributed by atoms with van der Waals surface area (Å²) in [6.45, 7) is 4.13. The Labute approximate surface area is 516 Å². The van der Waals surface area contributed by atoms with Crippen LogP contribution < -0.4 is 91.9 Å². The molecule has 0 unspecified atom stereocenters. The van der Waals surface area contributed by atoms with Gasteiger partial charge in [-0.2, -0.15) is 0 Å². The number of nitrogens with two attached hydrogens (primary N) is 5. The van der Waals surface area contributed by atoms with Gasteiger partial charge in [0, 0.05) is 13.0 Å². The first-order valence-electron chi connectivity index (χ1n) is 29.8. The standard InChI is InChI=1S/C59H90N16O14/c1-32(2)28-45-56(85)69-40(17-23-61)50(79)68-43(20-26-64)55(84)74-48(33(3)76)58(87)65-27-21-44(53(82)67-41(18-24-62)52(81)73-46(57(86)72-45)29-35-10-6-5-7-11-35)70-51(80)42(19-25-63)71-59(88)49(34(4)77)75-54(83)39(16-22-60)66-47(78)31-89-38-15-14-36-12-8-9-13-37(36)30-38/h5-15,30,32-34,39-46,48-49,76-77H,16-29,31,60-64H2,1-4H3,(H,65,87)(H,66,78)(H,67,82)(H,68,79)(H,69,85)(H,70,80)(H,71,88)(H,72,86)(H,73,81)(H,74,84)(H,75,83)/t33-,34-,39+,40+,41+,42+,43+,44+,45+,46-,48+,49+/m1/s1. The summed E-state index contributed by atoms with van der Waals surface area (Å²) < 4.78 is 5.67. The molecule has 4 rings (SSSR count). The van der Waals surface area contributed by atoms with Crippen molar-refractivity contribution < 1.29 is 67.7 Å². The molecule has 490 valence electrons. The highest BCUT2D eigenvalue weighted by atomic mass is 16.5. The van der Waals surface area contributed by atoms with Crippen molar-refractivity contribution in [1.82, 2.24) is 58.5 Å². The number of rotatable bonds is 26. The maximum atomic E-state index is 14.6. The van der Waals surface area contributed by atoms with Crippen molar-refractivity contribution in [2.24, 2.45) is 34.6 Å². The van der Waals surface area contributed by atoms with Gasteiger partial charge in [-0.25, -0.2) is 0 Å². The molecule has 0 spiro atoms. The monoisotopic (exact) mass is 1250 g/mol. The van der Waals surface area contributed by atoms with E-state index in [4.69, 9.17) is 33.4 Å². The molecule has 1 aliphatic rings. The lowest BCUT2D eigenvalue weighted by atomic mass is 10.00. The van der Waals surface area contributed by atoms with Gasteiger partial charge in [0.25, 0.3) is 5.91 Å². The van der Waals surface area contributed by atoms with Crippen LogP contribution in [-0.2, 0) is 59.2 Å². The molecule has 1 aliphatic heterocycles. The number of fused-ring (bicyclic) bond motifs is 1. The van der Waals surface area contributed by atoms with E-state index < -0.39 is 157 Å². The molecule has 0 radical (unpaired) electrons. The van der Waals surface area contributed by atoms with E-state index in [9.17, 15) is 63.0 Å². The fourth-order valence-electron chi connectivity index (χ4n) is 9.51. The second kappa shape index (κ2) is 37.5. The van der Waals surface area contributed by atoms with E-state index >= 15 is 0 Å². The maximum absolute atomic E-state index is 14.6. The number of aliphatic hydroxyl groups excluding tert-OH is 2. The predicted molar refractivity (Wildman–Crippen MR) is 328 cm³/mol. The molecule has 1 fully saturated rings. The van der Waals surface area contributed by atoms with Crippen molar-refractivity contribution in [3.05, 3.63) is 78.4 Å². The second-order valence-electron chi connectivity index (χ2n) is 22.1. The van der Waals surface area contributed by atoms with E-state index in [0.29, 0.717) is 11.3 Å². The Bertz CT molecular complexity index is 2870. The molecular formula is C59H90N16O14. The van der Waals surface area contributed by atoms with E-state index in [2.05, 4.69) is 58.5 Å². The highest BCUT2D eigenvalue weighted by molar-refractivity contribution is 5.99. The van der Waals surface area contributed by atoms with Crippen LogP contribution in [0.25, 0.3) is 10.8 Å². The Balaban J connectivity index is 1.67. The minimum absolute atomic E-state index is 0.0375. The minimum Gasteiger partial charge on any atom is -0.484 e. The van der Waals surface area contributed by atoms with E-state index in [0.717, 1.165) is 10.8 Å². The van der Waals surface area contributed by atoms with Gasteiger partial charge in [0.15, 0.2) is 6.61 Å². The zero-order chi connectivity index (χ0) is 65.7. The fourth-order valence-corrected chi connectivity index (χ4v) is 9.51. The summed E-state index contributed by atoms with van der Waals surface area (Å²) in [4.78, 5) is 154. The van der Waals surface area contributed by atoms with Crippen LogP contribution >= 0.6 is 0 Å². The van der Waals surface area contributed by atoms with Gasteiger partial charge in [0.1, 0.15) is 66.2 Å².